The van der Waals surface area contributed by atoms with E-state index in [4.69, 9.17) is 0 Å². The smallest absolute Gasteiger partial charge is 0.231 e. The van der Waals surface area contributed by atoms with Crippen molar-refractivity contribution in [3.05, 3.63) is 23.3 Å². The van der Waals surface area contributed by atoms with Crippen molar-refractivity contribution in [1.29, 1.82) is 0 Å². The molecule has 21 heavy (non-hydrogen) atoms. The largest absolute Gasteiger partial charge is 0.326 e. The Morgan fingerprint density at radius 3 is 2.71 bits per heavy atom. The van der Waals surface area contributed by atoms with Crippen molar-refractivity contribution in [3.8, 4) is 0 Å². The summed E-state index contributed by atoms with van der Waals surface area (Å²) in [7, 11) is 0. The number of carbonyl (C=O) groups excluding carboxylic acids is 2. The third-order valence-electron chi connectivity index (χ3n) is 5.00. The monoisotopic (exact) mass is 284 g/mol. The Morgan fingerprint density at radius 2 is 1.90 bits per heavy atom. The molecule has 3 aliphatic rings. The fourth-order valence-electron chi connectivity index (χ4n) is 3.98. The number of benzene rings is 1. The Kier molecular flexibility index (Phi) is 2.98. The van der Waals surface area contributed by atoms with Crippen LogP contribution in [0.1, 0.15) is 43.2 Å². The van der Waals surface area contributed by atoms with Gasteiger partial charge in [0, 0.05) is 18.2 Å². The van der Waals surface area contributed by atoms with E-state index in [-0.39, 0.29) is 17.7 Å². The summed E-state index contributed by atoms with van der Waals surface area (Å²) in [5, 5.41) is 3.07. The molecule has 0 atom stereocenters. The number of rotatable bonds is 2. The molecule has 2 heterocycles. The second-order valence-corrected chi connectivity index (χ2v) is 6.44. The third kappa shape index (κ3) is 2.13. The van der Waals surface area contributed by atoms with Gasteiger partial charge in [0.25, 0.3) is 0 Å². The number of hydrogen-bond acceptors (Lipinski definition) is 2. The van der Waals surface area contributed by atoms with Gasteiger partial charge in [0.1, 0.15) is 0 Å². The van der Waals surface area contributed by atoms with Crippen LogP contribution in [-0.2, 0) is 22.4 Å². The Morgan fingerprint density at radius 1 is 1.14 bits per heavy atom. The van der Waals surface area contributed by atoms with Crippen LogP contribution in [0.4, 0.5) is 11.4 Å². The van der Waals surface area contributed by atoms with Gasteiger partial charge >= 0.3 is 0 Å². The molecule has 2 aliphatic heterocycles. The lowest BCUT2D eigenvalue weighted by Gasteiger charge is -2.26. The molecule has 1 fully saturated rings. The predicted octanol–water partition coefficient (Wildman–Crippen LogP) is 2.65. The van der Waals surface area contributed by atoms with E-state index in [1.165, 1.54) is 5.56 Å². The number of hydrogen-bond donors (Lipinski definition) is 1. The summed E-state index contributed by atoms with van der Waals surface area (Å²) in [6, 6.07) is 4.06. The van der Waals surface area contributed by atoms with E-state index < -0.39 is 0 Å². The minimum absolute atomic E-state index is 0.150. The minimum Gasteiger partial charge on any atom is -0.326 e. The summed E-state index contributed by atoms with van der Waals surface area (Å²) in [6.45, 7) is 0.840. The lowest BCUT2D eigenvalue weighted by Crippen LogP contribution is -2.31. The van der Waals surface area contributed by atoms with Crippen molar-refractivity contribution in [2.75, 3.05) is 16.8 Å². The zero-order valence-corrected chi connectivity index (χ0v) is 12.2. The van der Waals surface area contributed by atoms with Crippen molar-refractivity contribution < 1.29 is 9.59 Å². The van der Waals surface area contributed by atoms with Gasteiger partial charge in [0.15, 0.2) is 0 Å². The van der Waals surface area contributed by atoms with E-state index >= 15 is 0 Å². The normalized spacial score (nSPS) is 20.8. The van der Waals surface area contributed by atoms with Gasteiger partial charge < -0.3 is 10.2 Å². The lowest BCUT2D eigenvalue weighted by atomic mass is 9.98. The van der Waals surface area contributed by atoms with E-state index in [0.29, 0.717) is 6.42 Å². The highest BCUT2D eigenvalue weighted by atomic mass is 16.2. The molecule has 0 spiro atoms. The molecule has 110 valence electrons. The minimum atomic E-state index is 0.150. The molecule has 4 heteroatoms. The fourth-order valence-corrected chi connectivity index (χ4v) is 3.98. The average Bonchev–Trinajstić information content (AvgIpc) is 3.09. The van der Waals surface area contributed by atoms with E-state index in [1.807, 2.05) is 11.0 Å². The van der Waals surface area contributed by atoms with Crippen LogP contribution in [0.15, 0.2) is 12.1 Å². The number of nitrogens with zero attached hydrogens (tertiary/aromatic N) is 1. The van der Waals surface area contributed by atoms with Crippen LogP contribution >= 0.6 is 0 Å². The lowest BCUT2D eigenvalue weighted by molar-refractivity contribution is -0.119. The van der Waals surface area contributed by atoms with Crippen LogP contribution in [0.5, 0.6) is 0 Å². The molecule has 1 saturated carbocycles. The Balaban J connectivity index is 1.62. The van der Waals surface area contributed by atoms with Crippen LogP contribution in [0.2, 0.25) is 0 Å². The maximum Gasteiger partial charge on any atom is 0.231 e. The van der Waals surface area contributed by atoms with Crippen molar-refractivity contribution in [1.82, 2.24) is 0 Å². The SMILES string of the molecule is O=C(Nc1cc2c3c(c1)CC(=O)N3CCC2)C1CCCC1. The standard InChI is InChI=1S/C17H20N2O2/c20-15-10-13-9-14(18-17(21)11-4-1-2-5-11)8-12-6-3-7-19(15)16(12)13/h8-9,11H,1-7,10H2,(H,18,21). The molecule has 4 nitrogen and oxygen atoms in total. The van der Waals surface area contributed by atoms with Gasteiger partial charge in [-0.05, 0) is 48.9 Å². The summed E-state index contributed by atoms with van der Waals surface area (Å²) in [4.78, 5) is 26.2. The van der Waals surface area contributed by atoms with Gasteiger partial charge in [0.05, 0.1) is 12.1 Å². The number of aryl methyl sites for hydroxylation is 1. The van der Waals surface area contributed by atoms with E-state index in [1.54, 1.807) is 0 Å². The van der Waals surface area contributed by atoms with Gasteiger partial charge in [-0.3, -0.25) is 9.59 Å². The topological polar surface area (TPSA) is 49.4 Å². The molecular formula is C17H20N2O2. The first-order valence-corrected chi connectivity index (χ1v) is 7.99. The molecule has 4 rings (SSSR count). The highest BCUT2D eigenvalue weighted by Crippen LogP contribution is 2.39. The fraction of sp³-hybridized carbons (Fsp3) is 0.529. The van der Waals surface area contributed by atoms with E-state index in [0.717, 1.165) is 62.0 Å². The molecule has 1 aromatic rings. The van der Waals surface area contributed by atoms with Crippen LogP contribution in [0.3, 0.4) is 0 Å². The maximum atomic E-state index is 12.3. The second kappa shape index (κ2) is 4.86. The summed E-state index contributed by atoms with van der Waals surface area (Å²) in [5.41, 5.74) is 4.28. The first-order valence-electron chi connectivity index (χ1n) is 7.99. The van der Waals surface area contributed by atoms with E-state index in [2.05, 4.69) is 11.4 Å². The molecule has 0 aromatic heterocycles. The van der Waals surface area contributed by atoms with Crippen molar-refractivity contribution in [3.63, 3.8) is 0 Å². The predicted molar refractivity (Wildman–Crippen MR) is 81.4 cm³/mol. The zero-order chi connectivity index (χ0) is 14.4. The maximum absolute atomic E-state index is 12.3. The summed E-state index contributed by atoms with van der Waals surface area (Å²) >= 11 is 0. The Labute approximate surface area is 124 Å². The molecule has 0 unspecified atom stereocenters. The molecule has 1 N–H and O–H groups in total. The molecule has 0 bridgehead atoms. The molecule has 0 saturated heterocycles. The third-order valence-corrected chi connectivity index (χ3v) is 5.00. The Bertz CT molecular complexity index is 617. The molecule has 1 aliphatic carbocycles. The van der Waals surface area contributed by atoms with Gasteiger partial charge in [0.2, 0.25) is 11.8 Å². The van der Waals surface area contributed by atoms with Crippen LogP contribution in [0.25, 0.3) is 0 Å². The number of nitrogens with one attached hydrogen (secondary N) is 1. The van der Waals surface area contributed by atoms with Gasteiger partial charge in [-0.2, -0.15) is 0 Å². The highest BCUT2D eigenvalue weighted by molar-refractivity contribution is 6.04. The number of carbonyl (C=O) groups is 2. The second-order valence-electron chi connectivity index (χ2n) is 6.44. The summed E-state index contributed by atoms with van der Waals surface area (Å²) in [6.07, 6.45) is 6.84. The molecular weight excluding hydrogens is 264 g/mol. The molecule has 0 radical (unpaired) electrons. The van der Waals surface area contributed by atoms with Crippen LogP contribution < -0.4 is 10.2 Å². The van der Waals surface area contributed by atoms with Crippen molar-refractivity contribution >= 4 is 23.2 Å². The van der Waals surface area contributed by atoms with Crippen molar-refractivity contribution in [2.45, 2.75) is 44.9 Å². The highest BCUT2D eigenvalue weighted by Gasteiger charge is 2.32. The van der Waals surface area contributed by atoms with Crippen LogP contribution in [0, 0.1) is 5.92 Å². The van der Waals surface area contributed by atoms with E-state index in [9.17, 15) is 9.59 Å². The number of amides is 2. The first kappa shape index (κ1) is 12.9. The van der Waals surface area contributed by atoms with Crippen molar-refractivity contribution in [2.24, 2.45) is 5.92 Å². The van der Waals surface area contributed by atoms with Crippen LogP contribution in [-0.4, -0.2) is 18.4 Å². The summed E-state index contributed by atoms with van der Waals surface area (Å²) in [5.74, 6) is 0.523. The molecule has 2 amide bonds. The Hall–Kier alpha value is -1.84. The molecule has 1 aromatic carbocycles. The first-order chi connectivity index (χ1) is 10.2. The zero-order valence-electron chi connectivity index (χ0n) is 12.2. The van der Waals surface area contributed by atoms with Gasteiger partial charge in [-0.15, -0.1) is 0 Å². The van der Waals surface area contributed by atoms with Gasteiger partial charge in [-0.1, -0.05) is 12.8 Å². The number of anilines is 2. The average molecular weight is 284 g/mol. The summed E-state index contributed by atoms with van der Waals surface area (Å²) < 4.78 is 0. The van der Waals surface area contributed by atoms with Gasteiger partial charge in [-0.25, -0.2) is 0 Å². The quantitative estimate of drug-likeness (QED) is 0.907.